The quantitative estimate of drug-likeness (QED) is 0.583. The Balaban J connectivity index is 1.56. The van der Waals surface area contributed by atoms with Crippen LogP contribution in [0.3, 0.4) is 0 Å². The molecule has 12 heteroatoms. The predicted octanol–water partition coefficient (Wildman–Crippen LogP) is 2.04. The third-order valence-electron chi connectivity index (χ3n) is 6.47. The van der Waals surface area contributed by atoms with Gasteiger partial charge in [0.1, 0.15) is 5.82 Å². The Labute approximate surface area is 201 Å². The summed E-state index contributed by atoms with van der Waals surface area (Å²) < 4.78 is 34.8. The molecule has 10 nitrogen and oxygen atoms in total. The first-order valence-corrected chi connectivity index (χ1v) is 11.8. The number of imidazole rings is 1. The summed E-state index contributed by atoms with van der Waals surface area (Å²) in [6, 6.07) is 6.39. The number of anilines is 1. The lowest BCUT2D eigenvalue weighted by molar-refractivity contribution is -0.133. The molecule has 35 heavy (non-hydrogen) atoms. The molecule has 5 rings (SSSR count). The van der Waals surface area contributed by atoms with E-state index < -0.39 is 18.3 Å². The number of amides is 1. The molecule has 4 heterocycles. The topological polar surface area (TPSA) is 115 Å². The van der Waals surface area contributed by atoms with Crippen molar-refractivity contribution in [2.24, 2.45) is 5.73 Å². The van der Waals surface area contributed by atoms with Crippen LogP contribution >= 0.6 is 0 Å². The van der Waals surface area contributed by atoms with E-state index in [4.69, 9.17) is 15.5 Å². The zero-order valence-electron chi connectivity index (χ0n) is 19.5. The first-order chi connectivity index (χ1) is 16.9. The van der Waals surface area contributed by atoms with Crippen LogP contribution in [-0.4, -0.2) is 80.7 Å². The van der Waals surface area contributed by atoms with Crippen LogP contribution in [0.1, 0.15) is 43.8 Å². The summed E-state index contributed by atoms with van der Waals surface area (Å²) in [5, 5.41) is 0. The number of fused-ring (bicyclic) bond motifs is 1. The Kier molecular flexibility index (Phi) is 6.56. The molecule has 0 saturated carbocycles. The highest BCUT2D eigenvalue weighted by Gasteiger charge is 2.30. The van der Waals surface area contributed by atoms with Gasteiger partial charge in [0.15, 0.2) is 5.82 Å². The number of halogens is 2. The number of rotatable bonds is 5. The normalized spacial score (nSPS) is 18.4. The Morgan fingerprint density at radius 3 is 2.40 bits per heavy atom. The number of nitrogens with zero attached hydrogens (tertiary/aromatic N) is 7. The largest absolute Gasteiger partial charge is 0.378 e. The van der Waals surface area contributed by atoms with Gasteiger partial charge in [0.05, 0.1) is 30.3 Å². The number of para-hydroxylation sites is 2. The number of hydrogen-bond acceptors (Lipinski definition) is 8. The van der Waals surface area contributed by atoms with Gasteiger partial charge in [-0.3, -0.25) is 9.36 Å². The molecule has 0 bridgehead atoms. The van der Waals surface area contributed by atoms with E-state index in [-0.39, 0.29) is 17.8 Å². The number of morpholine rings is 1. The Morgan fingerprint density at radius 2 is 1.71 bits per heavy atom. The van der Waals surface area contributed by atoms with E-state index in [2.05, 4.69) is 15.0 Å². The highest BCUT2D eigenvalue weighted by molar-refractivity contribution is 5.81. The third kappa shape index (κ3) is 4.67. The summed E-state index contributed by atoms with van der Waals surface area (Å²) >= 11 is 0. The predicted molar refractivity (Wildman–Crippen MR) is 125 cm³/mol. The average Bonchev–Trinajstić information content (AvgIpc) is 3.29. The summed E-state index contributed by atoms with van der Waals surface area (Å²) in [5.74, 6) is 0.546. The van der Waals surface area contributed by atoms with E-state index in [1.165, 1.54) is 4.57 Å². The average molecular weight is 487 g/mol. The lowest BCUT2D eigenvalue weighted by Gasteiger charge is -2.33. The summed E-state index contributed by atoms with van der Waals surface area (Å²) in [5.41, 5.74) is 6.71. The lowest BCUT2D eigenvalue weighted by Crippen LogP contribution is -2.45. The minimum Gasteiger partial charge on any atom is -0.378 e. The zero-order valence-corrected chi connectivity index (χ0v) is 19.5. The standard InChI is InChI=1S/C23H28F2N8O2/c1-14(26)21(34)31-8-6-15(7-9-31)19-28-22(32-10-12-35-13-11-32)30-23(29-19)33-17-5-3-2-4-16(17)27-20(33)18(24)25/h2-5,14-15,18H,6-13,26H2,1H3/t14-/m0/s1. The zero-order chi connectivity index (χ0) is 24.5. The van der Waals surface area contributed by atoms with E-state index in [9.17, 15) is 13.6 Å². The monoisotopic (exact) mass is 486 g/mol. The maximum Gasteiger partial charge on any atom is 0.296 e. The number of ether oxygens (including phenoxy) is 1. The molecule has 1 aromatic carbocycles. The fourth-order valence-corrected chi connectivity index (χ4v) is 4.60. The first kappa shape index (κ1) is 23.5. The second-order valence-electron chi connectivity index (χ2n) is 8.88. The number of carbonyl (C=O) groups excluding carboxylic acids is 1. The van der Waals surface area contributed by atoms with Crippen LogP contribution in [0, 0.1) is 0 Å². The molecule has 2 aliphatic rings. The highest BCUT2D eigenvalue weighted by atomic mass is 19.3. The minimum absolute atomic E-state index is 0.0431. The first-order valence-electron chi connectivity index (χ1n) is 11.8. The molecule has 1 atom stereocenters. The van der Waals surface area contributed by atoms with Gasteiger partial charge in [0.25, 0.3) is 6.43 Å². The van der Waals surface area contributed by atoms with Crippen molar-refractivity contribution in [2.75, 3.05) is 44.3 Å². The van der Waals surface area contributed by atoms with Crippen molar-refractivity contribution in [3.8, 4) is 5.95 Å². The van der Waals surface area contributed by atoms with Crippen molar-refractivity contribution in [1.29, 1.82) is 0 Å². The van der Waals surface area contributed by atoms with Crippen molar-refractivity contribution >= 4 is 22.9 Å². The smallest absolute Gasteiger partial charge is 0.296 e. The van der Waals surface area contributed by atoms with Crippen molar-refractivity contribution < 1.29 is 18.3 Å². The number of piperidine rings is 1. The van der Waals surface area contributed by atoms with E-state index in [1.54, 1.807) is 36.1 Å². The molecular formula is C23H28F2N8O2. The summed E-state index contributed by atoms with van der Waals surface area (Å²) in [6.07, 6.45) is -1.50. The molecule has 0 unspecified atom stereocenters. The van der Waals surface area contributed by atoms with Crippen molar-refractivity contribution in [1.82, 2.24) is 29.4 Å². The number of benzene rings is 1. The number of aromatic nitrogens is 5. The molecule has 2 aliphatic heterocycles. The van der Waals surface area contributed by atoms with Crippen LogP contribution in [0.4, 0.5) is 14.7 Å². The van der Waals surface area contributed by atoms with E-state index in [0.717, 1.165) is 0 Å². The van der Waals surface area contributed by atoms with Crippen LogP contribution in [0.25, 0.3) is 17.0 Å². The van der Waals surface area contributed by atoms with Gasteiger partial charge in [-0.15, -0.1) is 0 Å². The summed E-state index contributed by atoms with van der Waals surface area (Å²) in [4.78, 5) is 34.2. The fraction of sp³-hybridized carbons (Fsp3) is 0.522. The second kappa shape index (κ2) is 9.78. The Hall–Kier alpha value is -3.25. The van der Waals surface area contributed by atoms with Gasteiger partial charge in [-0.1, -0.05) is 12.1 Å². The molecule has 2 saturated heterocycles. The van der Waals surface area contributed by atoms with Gasteiger partial charge in [-0.25, -0.2) is 13.8 Å². The van der Waals surface area contributed by atoms with Crippen LogP contribution < -0.4 is 10.6 Å². The lowest BCUT2D eigenvalue weighted by atomic mass is 9.95. The summed E-state index contributed by atoms with van der Waals surface area (Å²) in [6.45, 7) is 5.00. The van der Waals surface area contributed by atoms with Crippen LogP contribution in [0.2, 0.25) is 0 Å². The number of nitrogens with two attached hydrogens (primary N) is 1. The summed E-state index contributed by atoms with van der Waals surface area (Å²) in [7, 11) is 0. The van der Waals surface area contributed by atoms with Crippen LogP contribution in [-0.2, 0) is 9.53 Å². The van der Waals surface area contributed by atoms with E-state index in [0.29, 0.717) is 75.0 Å². The Bertz CT molecular complexity index is 1200. The van der Waals surface area contributed by atoms with Gasteiger partial charge in [-0.2, -0.15) is 15.0 Å². The molecule has 1 amide bonds. The molecule has 3 aromatic rings. The number of alkyl halides is 2. The van der Waals surface area contributed by atoms with Crippen molar-refractivity contribution in [3.63, 3.8) is 0 Å². The van der Waals surface area contributed by atoms with E-state index >= 15 is 0 Å². The second-order valence-corrected chi connectivity index (χ2v) is 8.88. The molecule has 2 aromatic heterocycles. The maximum absolute atomic E-state index is 14.0. The third-order valence-corrected chi connectivity index (χ3v) is 6.47. The molecule has 186 valence electrons. The SMILES string of the molecule is C[C@H](N)C(=O)N1CCC(c2nc(N3CCOCC3)nc(-n3c(C(F)F)nc4ccccc43)n2)CC1. The van der Waals surface area contributed by atoms with Crippen LogP contribution in [0.5, 0.6) is 0 Å². The van der Waals surface area contributed by atoms with Crippen molar-refractivity contribution in [3.05, 3.63) is 35.9 Å². The number of likely N-dealkylation sites (tertiary alicyclic amines) is 1. The highest BCUT2D eigenvalue weighted by Crippen LogP contribution is 2.30. The fourth-order valence-electron chi connectivity index (χ4n) is 4.60. The van der Waals surface area contributed by atoms with Crippen LogP contribution in [0.15, 0.2) is 24.3 Å². The van der Waals surface area contributed by atoms with Gasteiger partial charge < -0.3 is 20.3 Å². The maximum atomic E-state index is 14.0. The number of hydrogen-bond donors (Lipinski definition) is 1. The molecule has 0 radical (unpaired) electrons. The Morgan fingerprint density at radius 1 is 1.03 bits per heavy atom. The van der Waals surface area contributed by atoms with Gasteiger partial charge >= 0.3 is 0 Å². The van der Waals surface area contributed by atoms with Gasteiger partial charge in [0, 0.05) is 32.1 Å². The molecule has 2 N–H and O–H groups in total. The van der Waals surface area contributed by atoms with Gasteiger partial charge in [0.2, 0.25) is 17.8 Å². The molecular weight excluding hydrogens is 458 g/mol. The minimum atomic E-state index is -2.80. The van der Waals surface area contributed by atoms with Crippen molar-refractivity contribution in [2.45, 2.75) is 38.2 Å². The van der Waals surface area contributed by atoms with E-state index in [1.807, 2.05) is 4.90 Å². The molecule has 0 spiro atoms. The van der Waals surface area contributed by atoms with Gasteiger partial charge in [-0.05, 0) is 31.9 Å². The molecule has 2 fully saturated rings. The number of carbonyl (C=O) groups is 1. The molecule has 0 aliphatic carbocycles.